The minimum Gasteiger partial charge on any atom is -0.480 e. The van der Waals surface area contributed by atoms with E-state index in [9.17, 15) is 9.59 Å². The van der Waals surface area contributed by atoms with Crippen LogP contribution in [0, 0.1) is 11.3 Å². The van der Waals surface area contributed by atoms with Gasteiger partial charge < -0.3 is 15.7 Å². The average Bonchev–Trinajstić information content (AvgIpc) is 2.30. The lowest BCUT2D eigenvalue weighted by atomic mass is 9.73. The number of hydrogen-bond acceptors (Lipinski definition) is 2. The van der Waals surface area contributed by atoms with Crippen LogP contribution in [-0.4, -0.2) is 29.2 Å². The van der Waals surface area contributed by atoms with E-state index in [1.54, 1.807) is 0 Å². The van der Waals surface area contributed by atoms with E-state index in [2.05, 4.69) is 24.5 Å². The number of carbonyl (C=O) groups is 2. The molecule has 116 valence electrons. The van der Waals surface area contributed by atoms with Crippen LogP contribution in [0.1, 0.15) is 59.8 Å². The second-order valence-corrected chi connectivity index (χ2v) is 6.93. The van der Waals surface area contributed by atoms with Crippen LogP contribution in [-0.2, 0) is 4.79 Å². The van der Waals surface area contributed by atoms with E-state index in [4.69, 9.17) is 5.11 Å². The first kappa shape index (κ1) is 16.8. The molecule has 0 aliphatic heterocycles. The number of rotatable bonds is 5. The first-order valence-electron chi connectivity index (χ1n) is 7.52. The number of carboxylic acids is 1. The average molecular weight is 284 g/mol. The second-order valence-electron chi connectivity index (χ2n) is 6.93. The van der Waals surface area contributed by atoms with E-state index in [0.29, 0.717) is 6.42 Å². The Morgan fingerprint density at radius 1 is 1.30 bits per heavy atom. The molecule has 5 nitrogen and oxygen atoms in total. The fourth-order valence-corrected chi connectivity index (χ4v) is 2.81. The molecule has 0 aromatic rings. The van der Waals surface area contributed by atoms with Crippen LogP contribution in [0.15, 0.2) is 0 Å². The van der Waals surface area contributed by atoms with Gasteiger partial charge in [0, 0.05) is 6.04 Å². The Labute approximate surface area is 121 Å². The minimum atomic E-state index is -0.975. The molecule has 3 N–H and O–H groups in total. The Hall–Kier alpha value is -1.26. The first-order chi connectivity index (χ1) is 9.22. The van der Waals surface area contributed by atoms with E-state index in [1.165, 1.54) is 6.42 Å². The largest absolute Gasteiger partial charge is 0.480 e. The van der Waals surface area contributed by atoms with E-state index < -0.39 is 12.0 Å². The number of carbonyl (C=O) groups excluding carboxylic acids is 1. The Morgan fingerprint density at radius 2 is 1.95 bits per heavy atom. The van der Waals surface area contributed by atoms with Crippen LogP contribution >= 0.6 is 0 Å². The van der Waals surface area contributed by atoms with Gasteiger partial charge in [0.2, 0.25) is 0 Å². The van der Waals surface area contributed by atoms with Gasteiger partial charge in [0.1, 0.15) is 6.04 Å². The van der Waals surface area contributed by atoms with Crippen molar-refractivity contribution in [2.75, 3.05) is 0 Å². The number of hydrogen-bond donors (Lipinski definition) is 3. The Kier molecular flexibility index (Phi) is 5.84. The van der Waals surface area contributed by atoms with Gasteiger partial charge in [0.15, 0.2) is 0 Å². The van der Waals surface area contributed by atoms with Crippen molar-refractivity contribution in [2.24, 2.45) is 11.3 Å². The lowest BCUT2D eigenvalue weighted by Gasteiger charge is -2.39. The van der Waals surface area contributed by atoms with Gasteiger partial charge in [-0.15, -0.1) is 0 Å². The first-order valence-corrected chi connectivity index (χ1v) is 7.52. The predicted octanol–water partition coefficient (Wildman–Crippen LogP) is 2.75. The van der Waals surface area contributed by atoms with Gasteiger partial charge in [-0.2, -0.15) is 0 Å². The number of aliphatic carboxylic acids is 1. The lowest BCUT2D eigenvalue weighted by molar-refractivity contribution is -0.139. The van der Waals surface area contributed by atoms with E-state index >= 15 is 0 Å². The molecule has 0 spiro atoms. The molecule has 0 bridgehead atoms. The lowest BCUT2D eigenvalue weighted by Crippen LogP contribution is -2.53. The van der Waals surface area contributed by atoms with Crippen LogP contribution in [0.4, 0.5) is 4.79 Å². The summed E-state index contributed by atoms with van der Waals surface area (Å²) in [7, 11) is 0. The Morgan fingerprint density at radius 3 is 2.45 bits per heavy atom. The van der Waals surface area contributed by atoms with E-state index in [1.807, 2.05) is 13.8 Å². The Bertz CT molecular complexity index is 353. The number of carboxylic acid groups (broad SMARTS) is 1. The third kappa shape index (κ3) is 5.02. The summed E-state index contributed by atoms with van der Waals surface area (Å²) in [6, 6.07) is -1.07. The molecule has 0 aromatic carbocycles. The number of amides is 2. The summed E-state index contributed by atoms with van der Waals surface area (Å²) in [5, 5.41) is 14.7. The zero-order valence-electron chi connectivity index (χ0n) is 13.0. The molecule has 2 amide bonds. The number of urea groups is 1. The number of nitrogens with one attached hydrogen (secondary N) is 2. The molecule has 2 atom stereocenters. The molecular formula is C15H28N2O3. The molecule has 5 heteroatoms. The van der Waals surface area contributed by atoms with Crippen molar-refractivity contribution < 1.29 is 14.7 Å². The molecular weight excluding hydrogens is 256 g/mol. The third-order valence-corrected chi connectivity index (χ3v) is 4.12. The van der Waals surface area contributed by atoms with Crippen molar-refractivity contribution in [2.45, 2.75) is 71.9 Å². The normalized spacial score (nSPS) is 23.1. The highest BCUT2D eigenvalue weighted by Crippen LogP contribution is 2.35. The van der Waals surface area contributed by atoms with Crippen molar-refractivity contribution in [3.8, 4) is 0 Å². The summed E-state index contributed by atoms with van der Waals surface area (Å²) < 4.78 is 0. The topological polar surface area (TPSA) is 78.4 Å². The van der Waals surface area contributed by atoms with Gasteiger partial charge in [-0.05, 0) is 30.6 Å². The van der Waals surface area contributed by atoms with Crippen molar-refractivity contribution in [3.63, 3.8) is 0 Å². The Balaban J connectivity index is 2.54. The van der Waals surface area contributed by atoms with Gasteiger partial charge in [0.05, 0.1) is 0 Å². The van der Waals surface area contributed by atoms with Gasteiger partial charge in [-0.1, -0.05) is 40.5 Å². The maximum absolute atomic E-state index is 12.0. The van der Waals surface area contributed by atoms with Gasteiger partial charge in [-0.3, -0.25) is 0 Å². The summed E-state index contributed by atoms with van der Waals surface area (Å²) in [5.74, 6) is -0.751. The van der Waals surface area contributed by atoms with Crippen LogP contribution < -0.4 is 10.6 Å². The summed E-state index contributed by atoms with van der Waals surface area (Å²) in [6.45, 7) is 8.19. The van der Waals surface area contributed by atoms with Crippen molar-refractivity contribution in [1.82, 2.24) is 10.6 Å². The fraction of sp³-hybridized carbons (Fsp3) is 0.867. The molecule has 1 fully saturated rings. The SMILES string of the molecule is CC(C)CC(NC(=O)NC1CCCCC1(C)C)C(=O)O. The molecule has 1 saturated carbocycles. The van der Waals surface area contributed by atoms with Crippen LogP contribution in [0.3, 0.4) is 0 Å². The summed E-state index contributed by atoms with van der Waals surface area (Å²) >= 11 is 0. The molecule has 20 heavy (non-hydrogen) atoms. The van der Waals surface area contributed by atoms with E-state index in [-0.39, 0.29) is 23.4 Å². The quantitative estimate of drug-likeness (QED) is 0.726. The third-order valence-electron chi connectivity index (χ3n) is 4.12. The highest BCUT2D eigenvalue weighted by atomic mass is 16.4. The highest BCUT2D eigenvalue weighted by molar-refractivity contribution is 5.82. The molecule has 1 rings (SSSR count). The zero-order valence-corrected chi connectivity index (χ0v) is 13.0. The molecule has 0 radical (unpaired) electrons. The molecule has 1 aliphatic rings. The van der Waals surface area contributed by atoms with Crippen LogP contribution in [0.25, 0.3) is 0 Å². The van der Waals surface area contributed by atoms with Gasteiger partial charge in [0.25, 0.3) is 0 Å². The zero-order chi connectivity index (χ0) is 15.3. The molecule has 2 unspecified atom stereocenters. The van der Waals surface area contributed by atoms with Crippen LogP contribution in [0.5, 0.6) is 0 Å². The second kappa shape index (κ2) is 6.95. The van der Waals surface area contributed by atoms with Crippen molar-refractivity contribution in [3.05, 3.63) is 0 Å². The molecule has 0 heterocycles. The molecule has 0 aromatic heterocycles. The molecule has 0 saturated heterocycles. The van der Waals surface area contributed by atoms with Crippen LogP contribution in [0.2, 0.25) is 0 Å². The van der Waals surface area contributed by atoms with Crippen molar-refractivity contribution in [1.29, 1.82) is 0 Å². The minimum absolute atomic E-state index is 0.0758. The van der Waals surface area contributed by atoms with Gasteiger partial charge in [-0.25, -0.2) is 9.59 Å². The van der Waals surface area contributed by atoms with E-state index in [0.717, 1.165) is 19.3 Å². The molecule has 1 aliphatic carbocycles. The maximum atomic E-state index is 12.0. The smallest absolute Gasteiger partial charge is 0.326 e. The fourth-order valence-electron chi connectivity index (χ4n) is 2.81. The van der Waals surface area contributed by atoms with Crippen molar-refractivity contribution >= 4 is 12.0 Å². The standard InChI is InChI=1S/C15H28N2O3/c1-10(2)9-11(13(18)19)16-14(20)17-12-7-5-6-8-15(12,3)4/h10-12H,5-9H2,1-4H3,(H,18,19)(H2,16,17,20). The monoisotopic (exact) mass is 284 g/mol. The van der Waals surface area contributed by atoms with Gasteiger partial charge >= 0.3 is 12.0 Å². The summed E-state index contributed by atoms with van der Waals surface area (Å²) in [6.07, 6.45) is 4.80. The predicted molar refractivity (Wildman–Crippen MR) is 78.6 cm³/mol. The maximum Gasteiger partial charge on any atom is 0.326 e. The summed E-state index contributed by atoms with van der Waals surface area (Å²) in [5.41, 5.74) is 0.0758. The highest BCUT2D eigenvalue weighted by Gasteiger charge is 2.33. The summed E-state index contributed by atoms with van der Waals surface area (Å²) in [4.78, 5) is 23.2.